The molecule has 0 saturated heterocycles. The Morgan fingerprint density at radius 2 is 2.00 bits per heavy atom. The third-order valence-electron chi connectivity index (χ3n) is 2.82. The minimum atomic E-state index is 0.915. The Morgan fingerprint density at radius 1 is 1.22 bits per heavy atom. The molecule has 0 radical (unpaired) electrons. The molecular formula is C14H19N3S. The summed E-state index contributed by atoms with van der Waals surface area (Å²) in [6.45, 7) is 1.89. The lowest BCUT2D eigenvalue weighted by Crippen LogP contribution is -2.17. The van der Waals surface area contributed by atoms with Crippen LogP contribution in [0.3, 0.4) is 0 Å². The first-order chi connectivity index (χ1) is 8.75. The first-order valence-corrected chi connectivity index (χ1v) is 7.04. The van der Waals surface area contributed by atoms with Gasteiger partial charge in [0.1, 0.15) is 0 Å². The Kier molecular flexibility index (Phi) is 4.73. The number of thiazole rings is 1. The van der Waals surface area contributed by atoms with E-state index >= 15 is 0 Å². The summed E-state index contributed by atoms with van der Waals surface area (Å²) >= 11 is 1.65. The predicted molar refractivity (Wildman–Crippen MR) is 78.3 cm³/mol. The number of aromatic nitrogens is 1. The summed E-state index contributed by atoms with van der Waals surface area (Å²) in [5.74, 6) is 0. The molecule has 1 aromatic carbocycles. The van der Waals surface area contributed by atoms with Gasteiger partial charge in [-0.25, -0.2) is 4.98 Å². The van der Waals surface area contributed by atoms with E-state index in [4.69, 9.17) is 0 Å². The van der Waals surface area contributed by atoms with Crippen LogP contribution in [0, 0.1) is 0 Å². The van der Waals surface area contributed by atoms with Gasteiger partial charge in [0.2, 0.25) is 0 Å². The molecule has 0 saturated carbocycles. The second-order valence-electron chi connectivity index (χ2n) is 4.47. The molecule has 1 N–H and O–H groups in total. The number of benzene rings is 1. The number of hydrogen-bond donors (Lipinski definition) is 1. The van der Waals surface area contributed by atoms with Crippen LogP contribution in [-0.2, 0) is 13.0 Å². The van der Waals surface area contributed by atoms with Crippen LogP contribution in [0.15, 0.2) is 35.2 Å². The van der Waals surface area contributed by atoms with E-state index in [1.165, 1.54) is 16.9 Å². The highest BCUT2D eigenvalue weighted by atomic mass is 32.1. The molecule has 0 unspecified atom stereocenters. The van der Waals surface area contributed by atoms with Crippen molar-refractivity contribution in [3.05, 3.63) is 46.4 Å². The van der Waals surface area contributed by atoms with Crippen LogP contribution in [0.25, 0.3) is 0 Å². The van der Waals surface area contributed by atoms with Crippen molar-refractivity contribution in [3.63, 3.8) is 0 Å². The predicted octanol–water partition coefficient (Wildman–Crippen LogP) is 2.54. The summed E-state index contributed by atoms with van der Waals surface area (Å²) in [4.78, 5) is 6.38. The highest BCUT2D eigenvalue weighted by Gasteiger charge is 1.97. The van der Waals surface area contributed by atoms with E-state index in [1.807, 2.05) is 5.51 Å². The SMILES string of the molecule is CN(C)c1ccc(CNCCc2cscn2)cc1. The van der Waals surface area contributed by atoms with Crippen LogP contribution >= 0.6 is 11.3 Å². The topological polar surface area (TPSA) is 28.2 Å². The van der Waals surface area contributed by atoms with Crippen LogP contribution in [0.4, 0.5) is 5.69 Å². The van der Waals surface area contributed by atoms with E-state index in [-0.39, 0.29) is 0 Å². The molecule has 0 aliphatic rings. The first-order valence-electron chi connectivity index (χ1n) is 6.10. The molecule has 0 spiro atoms. The van der Waals surface area contributed by atoms with Gasteiger partial charge >= 0.3 is 0 Å². The van der Waals surface area contributed by atoms with Crippen molar-refractivity contribution in [1.29, 1.82) is 0 Å². The van der Waals surface area contributed by atoms with Gasteiger partial charge in [-0.2, -0.15) is 0 Å². The van der Waals surface area contributed by atoms with Gasteiger partial charge in [0.05, 0.1) is 11.2 Å². The first kappa shape index (κ1) is 13.1. The zero-order valence-electron chi connectivity index (χ0n) is 10.9. The molecule has 0 fully saturated rings. The van der Waals surface area contributed by atoms with Gasteiger partial charge in [0.25, 0.3) is 0 Å². The van der Waals surface area contributed by atoms with E-state index in [2.05, 4.69) is 58.9 Å². The Labute approximate surface area is 112 Å². The normalized spacial score (nSPS) is 10.6. The van der Waals surface area contributed by atoms with Crippen molar-refractivity contribution >= 4 is 17.0 Å². The molecule has 0 atom stereocenters. The minimum Gasteiger partial charge on any atom is -0.378 e. The number of nitrogens with one attached hydrogen (secondary N) is 1. The molecule has 18 heavy (non-hydrogen) atoms. The lowest BCUT2D eigenvalue weighted by molar-refractivity contribution is 0.681. The van der Waals surface area contributed by atoms with Crippen molar-refractivity contribution in [2.24, 2.45) is 0 Å². The van der Waals surface area contributed by atoms with E-state index in [0.717, 1.165) is 19.5 Å². The summed E-state index contributed by atoms with van der Waals surface area (Å²) in [6.07, 6.45) is 0.999. The fourth-order valence-corrected chi connectivity index (χ4v) is 2.32. The minimum absolute atomic E-state index is 0.915. The molecule has 2 aromatic rings. The average Bonchev–Trinajstić information content (AvgIpc) is 2.88. The molecule has 0 aliphatic heterocycles. The largest absolute Gasteiger partial charge is 0.378 e. The van der Waals surface area contributed by atoms with E-state index in [9.17, 15) is 0 Å². The zero-order valence-corrected chi connectivity index (χ0v) is 11.7. The monoisotopic (exact) mass is 261 g/mol. The Bertz CT molecular complexity index is 448. The van der Waals surface area contributed by atoms with Crippen LogP contribution < -0.4 is 10.2 Å². The van der Waals surface area contributed by atoms with Crippen LogP contribution in [0.2, 0.25) is 0 Å². The van der Waals surface area contributed by atoms with Crippen molar-refractivity contribution < 1.29 is 0 Å². The lowest BCUT2D eigenvalue weighted by atomic mass is 10.2. The molecule has 2 rings (SSSR count). The summed E-state index contributed by atoms with van der Waals surface area (Å²) < 4.78 is 0. The van der Waals surface area contributed by atoms with Gasteiger partial charge in [0, 0.05) is 44.7 Å². The van der Waals surface area contributed by atoms with Crippen molar-refractivity contribution in [2.75, 3.05) is 25.5 Å². The van der Waals surface area contributed by atoms with Crippen LogP contribution in [-0.4, -0.2) is 25.6 Å². The van der Waals surface area contributed by atoms with E-state index in [1.54, 1.807) is 11.3 Å². The molecule has 4 heteroatoms. The number of hydrogen-bond acceptors (Lipinski definition) is 4. The van der Waals surface area contributed by atoms with Gasteiger partial charge < -0.3 is 10.2 Å². The Morgan fingerprint density at radius 3 is 2.61 bits per heavy atom. The molecular weight excluding hydrogens is 242 g/mol. The maximum absolute atomic E-state index is 4.26. The van der Waals surface area contributed by atoms with Gasteiger partial charge in [-0.3, -0.25) is 0 Å². The number of rotatable bonds is 6. The Balaban J connectivity index is 1.73. The highest BCUT2D eigenvalue weighted by molar-refractivity contribution is 7.07. The lowest BCUT2D eigenvalue weighted by Gasteiger charge is -2.12. The standard InChI is InChI=1S/C14H19N3S/c1-17(2)14-5-3-12(4-6-14)9-15-8-7-13-10-18-11-16-13/h3-6,10-11,15H,7-9H2,1-2H3. The number of anilines is 1. The quantitative estimate of drug-likeness (QED) is 0.810. The second kappa shape index (κ2) is 6.52. The maximum atomic E-state index is 4.26. The molecule has 0 aliphatic carbocycles. The van der Waals surface area contributed by atoms with E-state index < -0.39 is 0 Å². The second-order valence-corrected chi connectivity index (χ2v) is 5.19. The molecule has 1 heterocycles. The molecule has 3 nitrogen and oxygen atoms in total. The molecule has 96 valence electrons. The van der Waals surface area contributed by atoms with E-state index in [0.29, 0.717) is 0 Å². The van der Waals surface area contributed by atoms with Gasteiger partial charge in [0.15, 0.2) is 0 Å². The van der Waals surface area contributed by atoms with Crippen LogP contribution in [0.5, 0.6) is 0 Å². The zero-order chi connectivity index (χ0) is 12.8. The highest BCUT2D eigenvalue weighted by Crippen LogP contribution is 2.11. The summed E-state index contributed by atoms with van der Waals surface area (Å²) in [7, 11) is 4.11. The van der Waals surface area contributed by atoms with Crippen molar-refractivity contribution in [2.45, 2.75) is 13.0 Å². The van der Waals surface area contributed by atoms with Gasteiger partial charge in [-0.1, -0.05) is 12.1 Å². The van der Waals surface area contributed by atoms with Crippen LogP contribution in [0.1, 0.15) is 11.3 Å². The Hall–Kier alpha value is -1.39. The molecule has 0 amide bonds. The summed E-state index contributed by atoms with van der Waals surface area (Å²) in [5.41, 5.74) is 5.62. The smallest absolute Gasteiger partial charge is 0.0794 e. The maximum Gasteiger partial charge on any atom is 0.0794 e. The molecule has 1 aromatic heterocycles. The third-order valence-corrected chi connectivity index (χ3v) is 3.46. The fraction of sp³-hybridized carbons (Fsp3) is 0.357. The van der Waals surface area contributed by atoms with Crippen molar-refractivity contribution in [1.82, 2.24) is 10.3 Å². The fourth-order valence-electron chi connectivity index (χ4n) is 1.72. The third kappa shape index (κ3) is 3.82. The summed E-state index contributed by atoms with van der Waals surface area (Å²) in [5, 5.41) is 5.54. The summed E-state index contributed by atoms with van der Waals surface area (Å²) in [6, 6.07) is 8.64. The molecule has 0 bridgehead atoms. The number of nitrogens with zero attached hydrogens (tertiary/aromatic N) is 2. The van der Waals surface area contributed by atoms with Gasteiger partial charge in [-0.15, -0.1) is 11.3 Å². The van der Waals surface area contributed by atoms with Gasteiger partial charge in [-0.05, 0) is 17.7 Å². The average molecular weight is 261 g/mol. The van der Waals surface area contributed by atoms with Crippen molar-refractivity contribution in [3.8, 4) is 0 Å².